The van der Waals surface area contributed by atoms with Crippen molar-refractivity contribution in [2.24, 2.45) is 11.8 Å². The molecule has 3 aliphatic rings. The van der Waals surface area contributed by atoms with Crippen LogP contribution in [-0.2, 0) is 9.53 Å². The van der Waals surface area contributed by atoms with Crippen molar-refractivity contribution in [1.82, 2.24) is 9.80 Å². The van der Waals surface area contributed by atoms with Crippen LogP contribution in [0.15, 0.2) is 0 Å². The first-order chi connectivity index (χ1) is 11.0. The summed E-state index contributed by atoms with van der Waals surface area (Å²) in [7, 11) is 0. The average molecular weight is 322 g/mol. The molecule has 0 radical (unpaired) electrons. The fourth-order valence-corrected chi connectivity index (χ4v) is 3.59. The van der Waals surface area contributed by atoms with Gasteiger partial charge < -0.3 is 14.5 Å². The number of rotatable bonds is 6. The summed E-state index contributed by atoms with van der Waals surface area (Å²) in [5.41, 5.74) is -0.346. The van der Waals surface area contributed by atoms with Gasteiger partial charge in [0.2, 0.25) is 5.91 Å². The first-order valence-electron chi connectivity index (χ1n) is 9.23. The standard InChI is InChI=1S/C18H30N2O3/c1-14(2)7-10-20-13-18(23-17(20)22)8-11-19(12-9-18)16(21)6-5-15-3-4-15/h14-15H,3-13H2,1-2H3. The minimum absolute atomic E-state index is 0.167. The predicted octanol–water partition coefficient (Wildman–Crippen LogP) is 3.04. The fourth-order valence-electron chi connectivity index (χ4n) is 3.59. The molecule has 5 heteroatoms. The van der Waals surface area contributed by atoms with Crippen LogP contribution in [0.5, 0.6) is 0 Å². The lowest BCUT2D eigenvalue weighted by atomic mass is 9.91. The van der Waals surface area contributed by atoms with Crippen molar-refractivity contribution in [3.63, 3.8) is 0 Å². The lowest BCUT2D eigenvalue weighted by molar-refractivity contribution is -0.134. The summed E-state index contributed by atoms with van der Waals surface area (Å²) in [6.45, 7) is 7.28. The molecular formula is C18H30N2O3. The first-order valence-corrected chi connectivity index (χ1v) is 9.23. The Morgan fingerprint density at radius 3 is 2.61 bits per heavy atom. The molecule has 2 saturated heterocycles. The zero-order valence-corrected chi connectivity index (χ0v) is 14.6. The number of amides is 2. The van der Waals surface area contributed by atoms with Crippen LogP contribution in [0.3, 0.4) is 0 Å². The van der Waals surface area contributed by atoms with E-state index in [9.17, 15) is 9.59 Å². The maximum absolute atomic E-state index is 12.2. The highest BCUT2D eigenvalue weighted by molar-refractivity contribution is 5.76. The number of ether oxygens (including phenoxy) is 1. The van der Waals surface area contributed by atoms with Crippen LogP contribution in [0.4, 0.5) is 4.79 Å². The molecule has 0 unspecified atom stereocenters. The molecule has 2 aliphatic heterocycles. The van der Waals surface area contributed by atoms with E-state index in [0.29, 0.717) is 18.9 Å². The summed E-state index contributed by atoms with van der Waals surface area (Å²) in [4.78, 5) is 28.2. The third kappa shape index (κ3) is 4.18. The molecule has 1 spiro atoms. The molecule has 3 rings (SSSR count). The Hall–Kier alpha value is -1.26. The van der Waals surface area contributed by atoms with E-state index in [1.165, 1.54) is 12.8 Å². The van der Waals surface area contributed by atoms with Gasteiger partial charge in [0.1, 0.15) is 5.60 Å². The molecule has 0 aromatic heterocycles. The van der Waals surface area contributed by atoms with Crippen molar-refractivity contribution in [2.75, 3.05) is 26.2 Å². The summed E-state index contributed by atoms with van der Waals surface area (Å²) in [5.74, 6) is 1.68. The molecule has 130 valence electrons. The van der Waals surface area contributed by atoms with Gasteiger partial charge >= 0.3 is 6.09 Å². The number of hydrogen-bond donors (Lipinski definition) is 0. The van der Waals surface area contributed by atoms with Gasteiger partial charge in [-0.1, -0.05) is 26.7 Å². The van der Waals surface area contributed by atoms with E-state index in [1.807, 2.05) is 9.80 Å². The molecule has 0 bridgehead atoms. The SMILES string of the molecule is CC(C)CCN1CC2(CCN(C(=O)CCC3CC3)CC2)OC1=O. The normalized spacial score (nSPS) is 23.7. The van der Waals surface area contributed by atoms with Crippen molar-refractivity contribution < 1.29 is 14.3 Å². The first kappa shape index (κ1) is 16.6. The van der Waals surface area contributed by atoms with E-state index in [2.05, 4.69) is 13.8 Å². The van der Waals surface area contributed by atoms with Gasteiger partial charge in [-0.3, -0.25) is 4.79 Å². The van der Waals surface area contributed by atoms with E-state index in [-0.39, 0.29) is 17.6 Å². The van der Waals surface area contributed by atoms with Crippen LogP contribution in [-0.4, -0.2) is 53.6 Å². The largest absolute Gasteiger partial charge is 0.441 e. The highest BCUT2D eigenvalue weighted by atomic mass is 16.6. The topological polar surface area (TPSA) is 49.9 Å². The Morgan fingerprint density at radius 1 is 1.30 bits per heavy atom. The molecule has 0 N–H and O–H groups in total. The van der Waals surface area contributed by atoms with E-state index < -0.39 is 0 Å². The molecule has 1 saturated carbocycles. The Kier molecular flexibility index (Phi) is 4.83. The Bertz CT molecular complexity index is 451. The Labute approximate surface area is 139 Å². The third-order valence-corrected chi connectivity index (χ3v) is 5.51. The summed E-state index contributed by atoms with van der Waals surface area (Å²) in [5, 5.41) is 0. The highest BCUT2D eigenvalue weighted by Gasteiger charge is 2.47. The number of carbonyl (C=O) groups is 2. The molecule has 1 aliphatic carbocycles. The molecule has 23 heavy (non-hydrogen) atoms. The van der Waals surface area contributed by atoms with Crippen LogP contribution in [0.2, 0.25) is 0 Å². The molecule has 5 nitrogen and oxygen atoms in total. The molecule has 0 aromatic carbocycles. The Balaban J connectivity index is 1.45. The van der Waals surface area contributed by atoms with Gasteiger partial charge in [-0.2, -0.15) is 0 Å². The van der Waals surface area contributed by atoms with Gasteiger partial charge in [-0.25, -0.2) is 4.79 Å². The molecule has 0 atom stereocenters. The van der Waals surface area contributed by atoms with Gasteiger partial charge in [-0.05, 0) is 24.7 Å². The van der Waals surface area contributed by atoms with E-state index in [4.69, 9.17) is 4.74 Å². The highest BCUT2D eigenvalue weighted by Crippen LogP contribution is 2.35. The number of nitrogens with zero attached hydrogens (tertiary/aromatic N) is 2. The van der Waals surface area contributed by atoms with Gasteiger partial charge in [-0.15, -0.1) is 0 Å². The van der Waals surface area contributed by atoms with E-state index in [0.717, 1.165) is 51.2 Å². The molecule has 3 fully saturated rings. The number of hydrogen-bond acceptors (Lipinski definition) is 3. The minimum atomic E-state index is -0.346. The van der Waals surface area contributed by atoms with Gasteiger partial charge in [0.15, 0.2) is 0 Å². The number of piperidine rings is 1. The second-order valence-electron chi connectivity index (χ2n) is 8.02. The van der Waals surface area contributed by atoms with Gasteiger partial charge in [0.25, 0.3) is 0 Å². The molecule has 0 aromatic rings. The summed E-state index contributed by atoms with van der Waals surface area (Å²) in [6.07, 6.45) is 6.77. The zero-order chi connectivity index (χ0) is 16.4. The average Bonchev–Trinajstić information content (AvgIpc) is 3.29. The predicted molar refractivity (Wildman–Crippen MR) is 88.0 cm³/mol. The van der Waals surface area contributed by atoms with Crippen molar-refractivity contribution in [3.05, 3.63) is 0 Å². The molecular weight excluding hydrogens is 292 g/mol. The van der Waals surface area contributed by atoms with Crippen LogP contribution < -0.4 is 0 Å². The maximum Gasteiger partial charge on any atom is 0.410 e. The van der Waals surface area contributed by atoms with Crippen LogP contribution in [0.1, 0.15) is 58.8 Å². The number of likely N-dealkylation sites (tertiary alicyclic amines) is 1. The summed E-state index contributed by atoms with van der Waals surface area (Å²) in [6, 6.07) is 0. The van der Waals surface area contributed by atoms with Crippen molar-refractivity contribution in [1.29, 1.82) is 0 Å². The van der Waals surface area contributed by atoms with Crippen molar-refractivity contribution in [2.45, 2.75) is 64.4 Å². The van der Waals surface area contributed by atoms with E-state index >= 15 is 0 Å². The zero-order valence-electron chi connectivity index (χ0n) is 14.6. The molecule has 2 heterocycles. The van der Waals surface area contributed by atoms with Crippen molar-refractivity contribution >= 4 is 12.0 Å². The van der Waals surface area contributed by atoms with Gasteiger partial charge in [0.05, 0.1) is 6.54 Å². The van der Waals surface area contributed by atoms with Crippen LogP contribution >= 0.6 is 0 Å². The second kappa shape index (κ2) is 6.70. The number of carbonyl (C=O) groups excluding carboxylic acids is 2. The summed E-state index contributed by atoms with van der Waals surface area (Å²) >= 11 is 0. The van der Waals surface area contributed by atoms with Crippen LogP contribution in [0.25, 0.3) is 0 Å². The lowest BCUT2D eigenvalue weighted by Crippen LogP contribution is -2.48. The second-order valence-corrected chi connectivity index (χ2v) is 8.02. The molecule has 2 amide bonds. The van der Waals surface area contributed by atoms with Gasteiger partial charge in [0, 0.05) is 38.9 Å². The Morgan fingerprint density at radius 2 is 2.00 bits per heavy atom. The monoisotopic (exact) mass is 322 g/mol. The minimum Gasteiger partial charge on any atom is -0.441 e. The maximum atomic E-state index is 12.2. The van der Waals surface area contributed by atoms with Crippen LogP contribution in [0, 0.1) is 11.8 Å². The third-order valence-electron chi connectivity index (χ3n) is 5.51. The quantitative estimate of drug-likeness (QED) is 0.755. The summed E-state index contributed by atoms with van der Waals surface area (Å²) < 4.78 is 5.72. The smallest absolute Gasteiger partial charge is 0.410 e. The van der Waals surface area contributed by atoms with Crippen molar-refractivity contribution in [3.8, 4) is 0 Å². The lowest BCUT2D eigenvalue weighted by Gasteiger charge is -2.37. The fraction of sp³-hybridized carbons (Fsp3) is 0.889. The van der Waals surface area contributed by atoms with E-state index in [1.54, 1.807) is 0 Å².